The second-order valence-corrected chi connectivity index (χ2v) is 12.4. The molecule has 0 aliphatic rings. The molecule has 176 valence electrons. The number of hydrogen-bond donors (Lipinski definition) is 1. The Kier molecular flexibility index (Phi) is 7.62. The van der Waals surface area contributed by atoms with Crippen molar-refractivity contribution in [2.75, 3.05) is 17.4 Å². The van der Waals surface area contributed by atoms with Crippen LogP contribution in [0.25, 0.3) is 0 Å². The van der Waals surface area contributed by atoms with E-state index in [-0.39, 0.29) is 28.3 Å². The van der Waals surface area contributed by atoms with E-state index in [0.717, 1.165) is 5.56 Å². The number of rotatable bonds is 9. The summed E-state index contributed by atoms with van der Waals surface area (Å²) < 4.78 is 55.8. The quantitative estimate of drug-likeness (QED) is 0.450. The van der Waals surface area contributed by atoms with Gasteiger partial charge in [0, 0.05) is 13.1 Å². The lowest BCUT2D eigenvalue weighted by atomic mass is 9.87. The van der Waals surface area contributed by atoms with Crippen LogP contribution >= 0.6 is 0 Å². The van der Waals surface area contributed by atoms with Gasteiger partial charge in [-0.1, -0.05) is 69.3 Å². The molecule has 0 saturated heterocycles. The van der Waals surface area contributed by atoms with Crippen molar-refractivity contribution in [2.24, 2.45) is 0 Å². The molecule has 0 radical (unpaired) electrons. The van der Waals surface area contributed by atoms with Crippen molar-refractivity contribution in [2.45, 2.75) is 42.4 Å². The van der Waals surface area contributed by atoms with Crippen LogP contribution in [0.5, 0.6) is 0 Å². The van der Waals surface area contributed by atoms with Crippen molar-refractivity contribution in [3.05, 3.63) is 90.5 Å². The first-order valence-corrected chi connectivity index (χ1v) is 13.7. The monoisotopic (exact) mass is 486 g/mol. The topological polar surface area (TPSA) is 83.6 Å². The van der Waals surface area contributed by atoms with Gasteiger partial charge in [-0.25, -0.2) is 21.6 Å². The fourth-order valence-corrected chi connectivity index (χ4v) is 5.95. The molecular formula is C25H30N2O4S2. The lowest BCUT2D eigenvalue weighted by Crippen LogP contribution is -2.34. The molecular weight excluding hydrogens is 456 g/mol. The lowest BCUT2D eigenvalue weighted by molar-refractivity contribution is 0.575. The summed E-state index contributed by atoms with van der Waals surface area (Å²) in [4.78, 5) is 0.376. The largest absolute Gasteiger partial charge is 0.266 e. The first kappa shape index (κ1) is 25.0. The Morgan fingerprint density at radius 2 is 1.27 bits per heavy atom. The highest BCUT2D eigenvalue weighted by molar-refractivity contribution is 7.92. The smallest absolute Gasteiger partial charge is 0.264 e. The number of nitrogens with one attached hydrogen (secondary N) is 1. The van der Waals surface area contributed by atoms with Gasteiger partial charge in [0.15, 0.2) is 0 Å². The molecule has 0 aromatic heterocycles. The van der Waals surface area contributed by atoms with Crippen LogP contribution in [-0.2, 0) is 25.5 Å². The number of benzene rings is 3. The molecule has 8 heteroatoms. The summed E-state index contributed by atoms with van der Waals surface area (Å²) in [6.45, 7) is 6.44. The van der Waals surface area contributed by atoms with Gasteiger partial charge in [-0.05, 0) is 53.8 Å². The summed E-state index contributed by atoms with van der Waals surface area (Å²) in [5.74, 6) is 0. The molecule has 0 atom stereocenters. The van der Waals surface area contributed by atoms with Crippen molar-refractivity contribution in [3.8, 4) is 0 Å². The molecule has 0 unspecified atom stereocenters. The summed E-state index contributed by atoms with van der Waals surface area (Å²) in [5, 5.41) is 0. The summed E-state index contributed by atoms with van der Waals surface area (Å²) >= 11 is 0. The Morgan fingerprint density at radius 1 is 0.727 bits per heavy atom. The molecule has 0 saturated carbocycles. The van der Waals surface area contributed by atoms with E-state index >= 15 is 0 Å². The Labute approximate surface area is 197 Å². The van der Waals surface area contributed by atoms with Gasteiger partial charge in [0.05, 0.1) is 15.5 Å². The van der Waals surface area contributed by atoms with Gasteiger partial charge in [-0.3, -0.25) is 4.31 Å². The van der Waals surface area contributed by atoms with Crippen LogP contribution in [0, 0.1) is 0 Å². The molecule has 0 spiro atoms. The molecule has 1 N–H and O–H groups in total. The number of hydrogen-bond acceptors (Lipinski definition) is 4. The summed E-state index contributed by atoms with van der Waals surface area (Å²) in [6, 6.07) is 23.8. The second-order valence-electron chi connectivity index (χ2n) is 8.75. The highest BCUT2D eigenvalue weighted by Gasteiger charge is 2.24. The standard InChI is InChI=1S/C25H30N2O4S2/c1-25(2,3)21-15-17-23(18-16-21)32(28,29)26-19-10-20-27(22-11-6-4-7-12-22)33(30,31)24-13-8-5-9-14-24/h4-9,11-18,26H,10,19-20H2,1-3H3. The van der Waals surface area contributed by atoms with Crippen LogP contribution in [0.2, 0.25) is 0 Å². The van der Waals surface area contributed by atoms with E-state index < -0.39 is 20.0 Å². The van der Waals surface area contributed by atoms with Crippen molar-refractivity contribution in [1.82, 2.24) is 4.72 Å². The van der Waals surface area contributed by atoms with Crippen LogP contribution in [0.15, 0.2) is 94.7 Å². The van der Waals surface area contributed by atoms with Gasteiger partial charge in [-0.15, -0.1) is 0 Å². The predicted molar refractivity (Wildman–Crippen MR) is 132 cm³/mol. The molecule has 0 aliphatic carbocycles. The minimum absolute atomic E-state index is 0.0686. The Balaban J connectivity index is 1.71. The van der Waals surface area contributed by atoms with Crippen molar-refractivity contribution < 1.29 is 16.8 Å². The minimum Gasteiger partial charge on any atom is -0.266 e. The van der Waals surface area contributed by atoms with Crippen LogP contribution in [-0.4, -0.2) is 29.9 Å². The fourth-order valence-electron chi connectivity index (χ4n) is 3.35. The highest BCUT2D eigenvalue weighted by atomic mass is 32.2. The summed E-state index contributed by atoms with van der Waals surface area (Å²) in [5.41, 5.74) is 1.51. The fraction of sp³-hybridized carbons (Fsp3) is 0.280. The maximum absolute atomic E-state index is 13.2. The van der Waals surface area contributed by atoms with Gasteiger partial charge >= 0.3 is 0 Å². The summed E-state index contributed by atoms with van der Waals surface area (Å²) in [6.07, 6.45) is 0.306. The molecule has 3 rings (SSSR count). The molecule has 6 nitrogen and oxygen atoms in total. The van der Waals surface area contributed by atoms with E-state index in [1.807, 2.05) is 18.2 Å². The second kappa shape index (κ2) is 10.1. The maximum atomic E-state index is 13.2. The van der Waals surface area contributed by atoms with Crippen molar-refractivity contribution in [1.29, 1.82) is 0 Å². The zero-order valence-corrected chi connectivity index (χ0v) is 20.7. The van der Waals surface area contributed by atoms with Gasteiger partial charge in [0.25, 0.3) is 10.0 Å². The number of nitrogens with zero attached hydrogens (tertiary/aromatic N) is 1. The molecule has 0 fully saturated rings. The van der Waals surface area contributed by atoms with Gasteiger partial charge in [-0.2, -0.15) is 0 Å². The molecule has 3 aromatic rings. The normalized spacial score (nSPS) is 12.5. The first-order valence-electron chi connectivity index (χ1n) is 10.7. The third kappa shape index (κ3) is 6.22. The number of para-hydroxylation sites is 1. The van der Waals surface area contributed by atoms with Gasteiger partial charge in [0.1, 0.15) is 0 Å². The van der Waals surface area contributed by atoms with Crippen LogP contribution in [0.3, 0.4) is 0 Å². The van der Waals surface area contributed by atoms with E-state index in [1.165, 1.54) is 4.31 Å². The van der Waals surface area contributed by atoms with Gasteiger partial charge < -0.3 is 0 Å². The van der Waals surface area contributed by atoms with Crippen LogP contribution in [0.1, 0.15) is 32.8 Å². The van der Waals surface area contributed by atoms with E-state index in [0.29, 0.717) is 12.1 Å². The van der Waals surface area contributed by atoms with E-state index in [2.05, 4.69) is 25.5 Å². The molecule has 0 amide bonds. The van der Waals surface area contributed by atoms with E-state index in [4.69, 9.17) is 0 Å². The van der Waals surface area contributed by atoms with E-state index in [1.54, 1.807) is 66.7 Å². The van der Waals surface area contributed by atoms with Crippen LogP contribution in [0.4, 0.5) is 5.69 Å². The van der Waals surface area contributed by atoms with E-state index in [9.17, 15) is 16.8 Å². The average Bonchev–Trinajstić information content (AvgIpc) is 2.79. The van der Waals surface area contributed by atoms with Gasteiger partial charge in [0.2, 0.25) is 10.0 Å². The Bertz CT molecular complexity index is 1250. The maximum Gasteiger partial charge on any atom is 0.264 e. The SMILES string of the molecule is CC(C)(C)c1ccc(S(=O)(=O)NCCCN(c2ccccc2)S(=O)(=O)c2ccccc2)cc1. The third-order valence-corrected chi connectivity index (χ3v) is 8.55. The molecule has 0 heterocycles. The minimum atomic E-state index is -3.78. The average molecular weight is 487 g/mol. The zero-order chi connectivity index (χ0) is 24.1. The number of anilines is 1. The first-order chi connectivity index (χ1) is 15.5. The summed E-state index contributed by atoms with van der Waals surface area (Å²) in [7, 11) is -7.48. The Morgan fingerprint density at radius 3 is 1.82 bits per heavy atom. The Hall–Kier alpha value is -2.68. The zero-order valence-electron chi connectivity index (χ0n) is 19.1. The molecule has 33 heavy (non-hydrogen) atoms. The third-order valence-electron chi connectivity index (χ3n) is 5.24. The molecule has 0 aliphatic heterocycles. The van der Waals surface area contributed by atoms with Crippen molar-refractivity contribution >= 4 is 25.7 Å². The molecule has 0 bridgehead atoms. The predicted octanol–water partition coefficient (Wildman–Crippen LogP) is 4.55. The van der Waals surface area contributed by atoms with Crippen LogP contribution < -0.4 is 9.03 Å². The number of sulfonamides is 2. The molecule has 3 aromatic carbocycles. The van der Waals surface area contributed by atoms with Crippen molar-refractivity contribution in [3.63, 3.8) is 0 Å². The highest BCUT2D eigenvalue weighted by Crippen LogP contribution is 2.25. The lowest BCUT2D eigenvalue weighted by Gasteiger charge is -2.24.